The van der Waals surface area contributed by atoms with Gasteiger partial charge in [0, 0.05) is 22.8 Å². The molecule has 0 bridgehead atoms. The highest BCUT2D eigenvalue weighted by molar-refractivity contribution is 6.31. The average molecular weight is 257 g/mol. The second kappa shape index (κ2) is 6.47. The molecule has 0 aliphatic rings. The van der Waals surface area contributed by atoms with Gasteiger partial charge in [-0.1, -0.05) is 11.6 Å². The smallest absolute Gasteiger partial charge is 0.251 e. The van der Waals surface area contributed by atoms with Crippen molar-refractivity contribution in [3.8, 4) is 0 Å². The number of hydrogen-bond acceptors (Lipinski definition) is 3. The summed E-state index contributed by atoms with van der Waals surface area (Å²) >= 11 is 5.81. The average Bonchev–Trinajstić information content (AvgIpc) is 2.22. The minimum atomic E-state index is -0.202. The number of nitrogens with one attached hydrogen (secondary N) is 1. The lowest BCUT2D eigenvalue weighted by Crippen LogP contribution is -2.28. The van der Waals surface area contributed by atoms with Crippen molar-refractivity contribution >= 4 is 23.2 Å². The summed E-state index contributed by atoms with van der Waals surface area (Å²) in [6.07, 6.45) is 0.161. The number of benzene rings is 1. The van der Waals surface area contributed by atoms with Gasteiger partial charge in [-0.25, -0.2) is 0 Å². The van der Waals surface area contributed by atoms with Crippen LogP contribution in [0.5, 0.6) is 0 Å². The molecular formula is C12H17ClN2O2. The van der Waals surface area contributed by atoms with Gasteiger partial charge >= 0.3 is 0 Å². The molecule has 0 spiro atoms. The zero-order chi connectivity index (χ0) is 12.8. The third-order valence-electron chi connectivity index (χ3n) is 2.02. The van der Waals surface area contributed by atoms with Crippen LogP contribution >= 0.6 is 11.6 Å². The summed E-state index contributed by atoms with van der Waals surface area (Å²) in [5.41, 5.74) is 6.53. The largest absolute Gasteiger partial charge is 0.399 e. The van der Waals surface area contributed by atoms with Crippen LogP contribution in [0.1, 0.15) is 24.2 Å². The Morgan fingerprint density at radius 1 is 1.47 bits per heavy atom. The first-order valence-electron chi connectivity index (χ1n) is 5.45. The van der Waals surface area contributed by atoms with Crippen LogP contribution in [0.2, 0.25) is 5.02 Å². The molecule has 0 unspecified atom stereocenters. The topological polar surface area (TPSA) is 64.3 Å². The minimum Gasteiger partial charge on any atom is -0.399 e. The Morgan fingerprint density at radius 2 is 2.18 bits per heavy atom. The molecule has 0 saturated carbocycles. The number of halogens is 1. The predicted octanol–water partition coefficient (Wildman–Crippen LogP) is 2.08. The van der Waals surface area contributed by atoms with Crippen molar-refractivity contribution in [1.29, 1.82) is 0 Å². The number of hydrogen-bond donors (Lipinski definition) is 2. The van der Waals surface area contributed by atoms with Crippen LogP contribution in [0.25, 0.3) is 0 Å². The quantitative estimate of drug-likeness (QED) is 0.626. The Hall–Kier alpha value is -1.26. The van der Waals surface area contributed by atoms with E-state index in [4.69, 9.17) is 22.1 Å². The maximum atomic E-state index is 11.7. The molecule has 0 saturated heterocycles. The standard InChI is InChI=1S/C12H17ClN2O2/c1-8(2)17-4-3-15-12(16)9-5-10(13)7-11(14)6-9/h5-8H,3-4,14H2,1-2H3,(H,15,16). The Bertz CT molecular complexity index is 374. The molecule has 1 aromatic carbocycles. The summed E-state index contributed by atoms with van der Waals surface area (Å²) in [6, 6.07) is 4.77. The summed E-state index contributed by atoms with van der Waals surface area (Å²) in [5, 5.41) is 3.18. The molecule has 0 aromatic heterocycles. The fraction of sp³-hybridized carbons (Fsp3) is 0.417. The molecule has 1 aromatic rings. The van der Waals surface area contributed by atoms with Gasteiger partial charge in [-0.15, -0.1) is 0 Å². The van der Waals surface area contributed by atoms with E-state index in [0.717, 1.165) is 0 Å². The number of carbonyl (C=O) groups is 1. The van der Waals surface area contributed by atoms with Gasteiger partial charge in [-0.05, 0) is 32.0 Å². The summed E-state index contributed by atoms with van der Waals surface area (Å²) in [5.74, 6) is -0.202. The highest BCUT2D eigenvalue weighted by atomic mass is 35.5. The van der Waals surface area contributed by atoms with Gasteiger partial charge in [0.1, 0.15) is 0 Å². The molecule has 17 heavy (non-hydrogen) atoms. The Balaban J connectivity index is 2.47. The van der Waals surface area contributed by atoms with E-state index >= 15 is 0 Å². The maximum Gasteiger partial charge on any atom is 0.251 e. The molecule has 5 heteroatoms. The van der Waals surface area contributed by atoms with Crippen LogP contribution in [0.15, 0.2) is 18.2 Å². The van der Waals surface area contributed by atoms with Crippen molar-refractivity contribution in [3.63, 3.8) is 0 Å². The monoisotopic (exact) mass is 256 g/mol. The van der Waals surface area contributed by atoms with Gasteiger partial charge in [0.05, 0.1) is 12.7 Å². The van der Waals surface area contributed by atoms with Crippen molar-refractivity contribution in [2.45, 2.75) is 20.0 Å². The number of ether oxygens (including phenoxy) is 1. The number of nitrogens with two attached hydrogens (primary N) is 1. The Labute approximate surface area is 106 Å². The molecule has 0 fully saturated rings. The third kappa shape index (κ3) is 5.06. The molecule has 1 rings (SSSR count). The summed E-state index contributed by atoms with van der Waals surface area (Å²) < 4.78 is 5.31. The second-order valence-corrected chi connectivity index (χ2v) is 4.39. The van der Waals surface area contributed by atoms with E-state index in [0.29, 0.717) is 29.4 Å². The molecule has 0 heterocycles. The van der Waals surface area contributed by atoms with E-state index in [2.05, 4.69) is 5.32 Å². The van der Waals surface area contributed by atoms with E-state index in [9.17, 15) is 4.79 Å². The highest BCUT2D eigenvalue weighted by Gasteiger charge is 2.06. The van der Waals surface area contributed by atoms with E-state index in [1.165, 1.54) is 0 Å². The van der Waals surface area contributed by atoms with Crippen molar-refractivity contribution in [2.75, 3.05) is 18.9 Å². The second-order valence-electron chi connectivity index (χ2n) is 3.95. The SMILES string of the molecule is CC(C)OCCNC(=O)c1cc(N)cc(Cl)c1. The first-order valence-corrected chi connectivity index (χ1v) is 5.82. The molecule has 94 valence electrons. The van der Waals surface area contributed by atoms with Gasteiger partial charge in [-0.3, -0.25) is 4.79 Å². The van der Waals surface area contributed by atoms with Crippen LogP contribution in [-0.4, -0.2) is 25.2 Å². The zero-order valence-corrected chi connectivity index (χ0v) is 10.8. The number of nitrogen functional groups attached to an aromatic ring is 1. The lowest BCUT2D eigenvalue weighted by molar-refractivity contribution is 0.0746. The van der Waals surface area contributed by atoms with E-state index in [1.54, 1.807) is 18.2 Å². The highest BCUT2D eigenvalue weighted by Crippen LogP contribution is 2.16. The van der Waals surface area contributed by atoms with Crippen molar-refractivity contribution in [1.82, 2.24) is 5.32 Å². The molecule has 4 nitrogen and oxygen atoms in total. The predicted molar refractivity (Wildman–Crippen MR) is 69.3 cm³/mol. The molecule has 0 aliphatic carbocycles. The van der Waals surface area contributed by atoms with Gasteiger partial charge in [0.15, 0.2) is 0 Å². The number of rotatable bonds is 5. The zero-order valence-electron chi connectivity index (χ0n) is 10.00. The molecule has 0 atom stereocenters. The van der Waals surface area contributed by atoms with Crippen LogP contribution in [0.3, 0.4) is 0 Å². The molecular weight excluding hydrogens is 240 g/mol. The van der Waals surface area contributed by atoms with Crippen molar-refractivity contribution in [2.24, 2.45) is 0 Å². The normalized spacial score (nSPS) is 10.6. The minimum absolute atomic E-state index is 0.161. The molecule has 0 radical (unpaired) electrons. The first kappa shape index (κ1) is 13.8. The van der Waals surface area contributed by atoms with Gasteiger partial charge in [0.2, 0.25) is 0 Å². The van der Waals surface area contributed by atoms with E-state index < -0.39 is 0 Å². The summed E-state index contributed by atoms with van der Waals surface area (Å²) in [6.45, 7) is 4.84. The van der Waals surface area contributed by atoms with Gasteiger partial charge in [-0.2, -0.15) is 0 Å². The van der Waals surface area contributed by atoms with Gasteiger partial charge in [0.25, 0.3) is 5.91 Å². The third-order valence-corrected chi connectivity index (χ3v) is 2.24. The fourth-order valence-corrected chi connectivity index (χ4v) is 1.55. The lowest BCUT2D eigenvalue weighted by Gasteiger charge is -2.09. The molecule has 0 aliphatic heterocycles. The maximum absolute atomic E-state index is 11.7. The molecule has 3 N–H and O–H groups in total. The summed E-state index contributed by atoms with van der Waals surface area (Å²) in [4.78, 5) is 11.7. The number of carbonyl (C=O) groups excluding carboxylic acids is 1. The lowest BCUT2D eigenvalue weighted by atomic mass is 10.2. The Kier molecular flexibility index (Phi) is 5.25. The van der Waals surface area contributed by atoms with E-state index in [-0.39, 0.29) is 12.0 Å². The van der Waals surface area contributed by atoms with Crippen LogP contribution < -0.4 is 11.1 Å². The number of anilines is 1. The van der Waals surface area contributed by atoms with Crippen LogP contribution in [0.4, 0.5) is 5.69 Å². The van der Waals surface area contributed by atoms with Crippen LogP contribution in [-0.2, 0) is 4.74 Å². The number of amides is 1. The van der Waals surface area contributed by atoms with Gasteiger partial charge < -0.3 is 15.8 Å². The van der Waals surface area contributed by atoms with Crippen LogP contribution in [0, 0.1) is 0 Å². The molecule has 1 amide bonds. The van der Waals surface area contributed by atoms with E-state index in [1.807, 2.05) is 13.8 Å². The fourth-order valence-electron chi connectivity index (χ4n) is 1.30. The van der Waals surface area contributed by atoms with Crippen molar-refractivity contribution in [3.05, 3.63) is 28.8 Å². The summed E-state index contributed by atoms with van der Waals surface area (Å²) in [7, 11) is 0. The van der Waals surface area contributed by atoms with Crippen molar-refractivity contribution < 1.29 is 9.53 Å². The Morgan fingerprint density at radius 3 is 2.76 bits per heavy atom. The first-order chi connectivity index (χ1) is 7.99.